The SMILES string of the molecule is O=C(NC1CCC2CC3CC(C2)C1C3)c1ccc(N2CCC(C(=O)O)C2)nc1SC1CCCC1. The topological polar surface area (TPSA) is 82.5 Å². The summed E-state index contributed by atoms with van der Waals surface area (Å²) in [5.74, 6) is 3.00. The van der Waals surface area contributed by atoms with Gasteiger partial charge in [-0.1, -0.05) is 12.8 Å². The fourth-order valence-electron chi connectivity index (χ4n) is 7.72. The molecule has 0 radical (unpaired) electrons. The zero-order chi connectivity index (χ0) is 23.2. The molecule has 4 aliphatic carbocycles. The highest BCUT2D eigenvalue weighted by Gasteiger charge is 2.46. The Morgan fingerprint density at radius 2 is 1.82 bits per heavy atom. The molecule has 0 aromatic carbocycles. The third-order valence-electron chi connectivity index (χ3n) is 9.40. The van der Waals surface area contributed by atoms with E-state index in [1.807, 2.05) is 12.1 Å². The maximum atomic E-state index is 13.6. The van der Waals surface area contributed by atoms with Crippen LogP contribution in [0.15, 0.2) is 17.2 Å². The predicted molar refractivity (Wildman–Crippen MR) is 133 cm³/mol. The number of thioether (sulfide) groups is 1. The molecule has 1 aliphatic heterocycles. The van der Waals surface area contributed by atoms with E-state index in [1.165, 1.54) is 57.8 Å². The van der Waals surface area contributed by atoms with E-state index >= 15 is 0 Å². The van der Waals surface area contributed by atoms with Gasteiger partial charge < -0.3 is 15.3 Å². The number of fused-ring (bicyclic) bond motifs is 2. The monoisotopic (exact) mass is 483 g/mol. The van der Waals surface area contributed by atoms with Gasteiger partial charge in [0.15, 0.2) is 0 Å². The molecule has 6 unspecified atom stereocenters. The van der Waals surface area contributed by atoms with Gasteiger partial charge in [-0.3, -0.25) is 9.59 Å². The second kappa shape index (κ2) is 9.36. The number of pyridine rings is 1. The average molecular weight is 484 g/mol. The molecular weight excluding hydrogens is 446 g/mol. The first kappa shape index (κ1) is 22.7. The summed E-state index contributed by atoms with van der Waals surface area (Å²) >= 11 is 1.76. The van der Waals surface area contributed by atoms with Gasteiger partial charge in [-0.25, -0.2) is 4.98 Å². The molecular formula is C27H37N3O3S. The summed E-state index contributed by atoms with van der Waals surface area (Å²) in [6.45, 7) is 1.20. The van der Waals surface area contributed by atoms with Crippen molar-refractivity contribution >= 4 is 29.5 Å². The minimum atomic E-state index is -0.731. The number of aromatic nitrogens is 1. The molecule has 184 valence electrons. The van der Waals surface area contributed by atoms with Crippen LogP contribution in [0.25, 0.3) is 0 Å². The van der Waals surface area contributed by atoms with E-state index in [0.29, 0.717) is 42.3 Å². The van der Waals surface area contributed by atoms with Gasteiger partial charge >= 0.3 is 5.97 Å². The lowest BCUT2D eigenvalue weighted by Crippen LogP contribution is -2.41. The molecule has 2 heterocycles. The fourth-order valence-corrected chi connectivity index (χ4v) is 9.04. The van der Waals surface area contributed by atoms with Crippen molar-refractivity contribution in [1.29, 1.82) is 0 Å². The number of carboxylic acids is 1. The molecule has 5 fully saturated rings. The van der Waals surface area contributed by atoms with E-state index in [1.54, 1.807) is 11.8 Å². The van der Waals surface area contributed by atoms with Gasteiger partial charge in [0.25, 0.3) is 5.91 Å². The van der Waals surface area contributed by atoms with Crippen LogP contribution >= 0.6 is 11.8 Å². The van der Waals surface area contributed by atoms with Crippen LogP contribution in [-0.4, -0.2) is 46.3 Å². The zero-order valence-electron chi connectivity index (χ0n) is 20.0. The van der Waals surface area contributed by atoms with Crippen molar-refractivity contribution in [3.63, 3.8) is 0 Å². The molecule has 6 nitrogen and oxygen atoms in total. The normalized spacial score (nSPS) is 35.0. The van der Waals surface area contributed by atoms with Crippen LogP contribution in [0.4, 0.5) is 5.82 Å². The molecule has 5 aliphatic rings. The van der Waals surface area contributed by atoms with E-state index < -0.39 is 5.97 Å². The van der Waals surface area contributed by atoms with Crippen molar-refractivity contribution < 1.29 is 14.7 Å². The van der Waals surface area contributed by atoms with E-state index in [4.69, 9.17) is 4.98 Å². The standard InChI is InChI=1S/C27H37N3O3S/c31-25(28-23-7-5-16-11-17-13-19(12-16)22(23)14-17)21-6-8-24(30-10-9-18(15-30)27(32)33)29-26(21)34-20-3-1-2-4-20/h6,8,16-20,22-23H,1-5,7,9-15H2,(H,28,31)(H,32,33). The highest BCUT2D eigenvalue weighted by atomic mass is 32.2. The van der Waals surface area contributed by atoms with Gasteiger partial charge in [-0.2, -0.15) is 0 Å². The van der Waals surface area contributed by atoms with Crippen LogP contribution in [0, 0.1) is 29.6 Å². The molecule has 3 bridgehead atoms. The Hall–Kier alpha value is -1.76. The van der Waals surface area contributed by atoms with Gasteiger partial charge in [0.1, 0.15) is 10.8 Å². The molecule has 0 spiro atoms. The molecule has 34 heavy (non-hydrogen) atoms. The molecule has 1 amide bonds. The number of aliphatic carboxylic acids is 1. The van der Waals surface area contributed by atoms with E-state index in [0.717, 1.165) is 35.0 Å². The lowest BCUT2D eigenvalue weighted by atomic mass is 9.80. The fraction of sp³-hybridized carbons (Fsp3) is 0.741. The quantitative estimate of drug-likeness (QED) is 0.594. The van der Waals surface area contributed by atoms with Gasteiger partial charge in [-0.15, -0.1) is 11.8 Å². The third-order valence-corrected chi connectivity index (χ3v) is 10.7. The van der Waals surface area contributed by atoms with E-state index in [9.17, 15) is 14.7 Å². The minimum Gasteiger partial charge on any atom is -0.481 e. The first-order valence-corrected chi connectivity index (χ1v) is 14.4. The van der Waals surface area contributed by atoms with Crippen molar-refractivity contribution in [1.82, 2.24) is 10.3 Å². The largest absolute Gasteiger partial charge is 0.481 e. The first-order chi connectivity index (χ1) is 16.5. The Labute approximate surface area is 206 Å². The Morgan fingerprint density at radius 3 is 2.62 bits per heavy atom. The van der Waals surface area contributed by atoms with Crippen molar-refractivity contribution in [3.8, 4) is 0 Å². The summed E-state index contributed by atoms with van der Waals surface area (Å²) in [5.41, 5.74) is 0.707. The van der Waals surface area contributed by atoms with Crippen LogP contribution in [0.1, 0.15) is 81.0 Å². The number of nitrogens with one attached hydrogen (secondary N) is 1. The lowest BCUT2D eigenvalue weighted by Gasteiger charge is -2.27. The second-order valence-electron chi connectivity index (χ2n) is 11.6. The van der Waals surface area contributed by atoms with Gasteiger partial charge in [0.05, 0.1) is 11.5 Å². The molecule has 1 aromatic heterocycles. The van der Waals surface area contributed by atoms with Crippen LogP contribution in [-0.2, 0) is 4.79 Å². The highest BCUT2D eigenvalue weighted by Crippen LogP contribution is 2.53. The summed E-state index contributed by atoms with van der Waals surface area (Å²) < 4.78 is 0. The maximum Gasteiger partial charge on any atom is 0.308 e. The maximum absolute atomic E-state index is 13.6. The number of nitrogens with zero attached hydrogens (tertiary/aromatic N) is 2. The average Bonchev–Trinajstić information content (AvgIpc) is 3.55. The van der Waals surface area contributed by atoms with E-state index in [-0.39, 0.29) is 11.8 Å². The highest BCUT2D eigenvalue weighted by molar-refractivity contribution is 7.99. The summed E-state index contributed by atoms with van der Waals surface area (Å²) in [6.07, 6.45) is 13.3. The Balaban J connectivity index is 1.22. The first-order valence-electron chi connectivity index (χ1n) is 13.5. The number of hydrogen-bond donors (Lipinski definition) is 2. The number of amides is 1. The number of hydrogen-bond acceptors (Lipinski definition) is 5. The molecule has 6 atom stereocenters. The summed E-state index contributed by atoms with van der Waals surface area (Å²) in [7, 11) is 0. The summed E-state index contributed by atoms with van der Waals surface area (Å²) in [5, 5.41) is 14.2. The van der Waals surface area contributed by atoms with Gasteiger partial charge in [0.2, 0.25) is 0 Å². The minimum absolute atomic E-state index is 0.0376. The van der Waals surface area contributed by atoms with Crippen molar-refractivity contribution in [3.05, 3.63) is 17.7 Å². The number of anilines is 1. The lowest BCUT2D eigenvalue weighted by molar-refractivity contribution is -0.140. The Kier molecular flexibility index (Phi) is 6.25. The zero-order valence-corrected chi connectivity index (χ0v) is 20.8. The Morgan fingerprint density at radius 1 is 1.00 bits per heavy atom. The van der Waals surface area contributed by atoms with Crippen molar-refractivity contribution in [2.45, 2.75) is 86.9 Å². The van der Waals surface area contributed by atoms with Gasteiger partial charge in [0, 0.05) is 24.4 Å². The number of carbonyl (C=O) groups is 2. The third kappa shape index (κ3) is 4.45. The Bertz CT molecular complexity index is 949. The summed E-state index contributed by atoms with van der Waals surface area (Å²) in [6, 6.07) is 4.17. The number of carboxylic acid groups (broad SMARTS) is 1. The molecule has 4 saturated carbocycles. The predicted octanol–water partition coefficient (Wildman–Crippen LogP) is 4.97. The molecule has 6 rings (SSSR count). The van der Waals surface area contributed by atoms with Crippen molar-refractivity contribution in [2.24, 2.45) is 29.6 Å². The second-order valence-corrected chi connectivity index (χ2v) is 12.9. The molecule has 2 N–H and O–H groups in total. The van der Waals surface area contributed by atoms with Crippen LogP contribution in [0.2, 0.25) is 0 Å². The van der Waals surface area contributed by atoms with Crippen molar-refractivity contribution in [2.75, 3.05) is 18.0 Å². The van der Waals surface area contributed by atoms with Crippen LogP contribution in [0.3, 0.4) is 0 Å². The number of rotatable bonds is 6. The summed E-state index contributed by atoms with van der Waals surface area (Å²) in [4.78, 5) is 32.1. The smallest absolute Gasteiger partial charge is 0.308 e. The van der Waals surface area contributed by atoms with Crippen LogP contribution in [0.5, 0.6) is 0 Å². The van der Waals surface area contributed by atoms with Crippen LogP contribution < -0.4 is 10.2 Å². The molecule has 1 saturated heterocycles. The van der Waals surface area contributed by atoms with E-state index in [2.05, 4.69) is 10.2 Å². The molecule has 7 heteroatoms. The van der Waals surface area contributed by atoms with Gasteiger partial charge in [-0.05, 0) is 93.6 Å². The number of carbonyl (C=O) groups excluding carboxylic acids is 1. The molecule has 1 aromatic rings.